The number of hydrogen-bond donors (Lipinski definition) is 2. The van der Waals surface area contributed by atoms with Crippen molar-refractivity contribution in [3.05, 3.63) is 53.1 Å². The van der Waals surface area contributed by atoms with Crippen LogP contribution >= 0.6 is 0 Å². The number of nitrogens with two attached hydrogens (primary N) is 1. The lowest BCUT2D eigenvalue weighted by Crippen LogP contribution is -2.02. The van der Waals surface area contributed by atoms with Crippen LogP contribution in [0.2, 0.25) is 0 Å². The fraction of sp³-hybridized carbons (Fsp3) is 0.308. The zero-order chi connectivity index (χ0) is 11.4. The summed E-state index contributed by atoms with van der Waals surface area (Å²) >= 11 is 0. The lowest BCUT2D eigenvalue weighted by atomic mass is 10.1. The molecule has 1 aromatic heterocycles. The Morgan fingerprint density at radius 1 is 1.19 bits per heavy atom. The highest BCUT2D eigenvalue weighted by Gasteiger charge is 2.06. The third-order valence-corrected chi connectivity index (χ3v) is 2.68. The molecule has 1 aromatic carbocycles. The van der Waals surface area contributed by atoms with E-state index in [4.69, 9.17) is 5.73 Å². The first-order chi connectivity index (χ1) is 7.79. The predicted octanol–water partition coefficient (Wildman–Crippen LogP) is 1.96. The van der Waals surface area contributed by atoms with E-state index >= 15 is 0 Å². The van der Waals surface area contributed by atoms with Crippen LogP contribution < -0.4 is 5.73 Å². The lowest BCUT2D eigenvalue weighted by Gasteiger charge is -2.00. The summed E-state index contributed by atoms with van der Waals surface area (Å²) in [6.07, 6.45) is 1.96. The van der Waals surface area contributed by atoms with Gasteiger partial charge < -0.3 is 10.7 Å². The van der Waals surface area contributed by atoms with E-state index in [0.717, 1.165) is 30.1 Å². The molecule has 0 saturated carbocycles. The number of imidazole rings is 1. The number of rotatable bonds is 4. The Morgan fingerprint density at radius 2 is 1.94 bits per heavy atom. The number of hydrogen-bond acceptors (Lipinski definition) is 2. The number of H-pyrrole nitrogens is 1. The summed E-state index contributed by atoms with van der Waals surface area (Å²) in [5.74, 6) is 0.948. The third kappa shape index (κ3) is 2.49. The van der Waals surface area contributed by atoms with Crippen molar-refractivity contribution in [2.75, 3.05) is 0 Å². The van der Waals surface area contributed by atoms with Gasteiger partial charge in [-0.05, 0) is 25.3 Å². The van der Waals surface area contributed by atoms with Crippen LogP contribution in [0.3, 0.4) is 0 Å². The second-order valence-corrected chi connectivity index (χ2v) is 3.94. The van der Waals surface area contributed by atoms with Gasteiger partial charge in [0.15, 0.2) is 0 Å². The Balaban J connectivity index is 2.04. The van der Waals surface area contributed by atoms with Crippen molar-refractivity contribution in [1.82, 2.24) is 9.97 Å². The van der Waals surface area contributed by atoms with E-state index in [1.807, 2.05) is 13.0 Å². The number of aromatic nitrogens is 2. The Labute approximate surface area is 95.7 Å². The van der Waals surface area contributed by atoms with Gasteiger partial charge in [-0.15, -0.1) is 0 Å². The molecular weight excluding hydrogens is 198 g/mol. The molecule has 0 fully saturated rings. The van der Waals surface area contributed by atoms with Gasteiger partial charge in [0.25, 0.3) is 0 Å². The van der Waals surface area contributed by atoms with Crippen molar-refractivity contribution in [1.29, 1.82) is 0 Å². The van der Waals surface area contributed by atoms with Gasteiger partial charge in [0.1, 0.15) is 5.82 Å². The van der Waals surface area contributed by atoms with Crippen LogP contribution in [0.25, 0.3) is 0 Å². The minimum absolute atomic E-state index is 0.533. The number of aromatic amines is 1. The Bertz CT molecular complexity index is 445. The fourth-order valence-corrected chi connectivity index (χ4v) is 1.87. The van der Waals surface area contributed by atoms with Crippen LogP contribution in [-0.2, 0) is 19.4 Å². The van der Waals surface area contributed by atoms with Gasteiger partial charge in [-0.3, -0.25) is 0 Å². The maximum absolute atomic E-state index is 5.66. The first-order valence-electron chi connectivity index (χ1n) is 5.58. The lowest BCUT2D eigenvalue weighted by molar-refractivity contribution is 0.884. The minimum Gasteiger partial charge on any atom is -0.345 e. The van der Waals surface area contributed by atoms with Gasteiger partial charge in [-0.2, -0.15) is 0 Å². The zero-order valence-electron chi connectivity index (χ0n) is 9.53. The molecule has 0 amide bonds. The molecule has 3 nitrogen and oxygen atoms in total. The summed E-state index contributed by atoms with van der Waals surface area (Å²) in [4.78, 5) is 7.66. The Kier molecular flexibility index (Phi) is 3.37. The third-order valence-electron chi connectivity index (χ3n) is 2.68. The van der Waals surface area contributed by atoms with E-state index in [1.54, 1.807) is 0 Å². The zero-order valence-corrected chi connectivity index (χ0v) is 9.53. The second-order valence-electron chi connectivity index (χ2n) is 3.94. The highest BCUT2D eigenvalue weighted by molar-refractivity contribution is 5.19. The number of nitrogens with one attached hydrogen (secondary N) is 1. The van der Waals surface area contributed by atoms with E-state index in [-0.39, 0.29) is 0 Å². The summed E-state index contributed by atoms with van der Waals surface area (Å²) < 4.78 is 0. The van der Waals surface area contributed by atoms with Gasteiger partial charge in [0.05, 0.1) is 11.4 Å². The van der Waals surface area contributed by atoms with Crippen LogP contribution in [0.5, 0.6) is 0 Å². The van der Waals surface area contributed by atoms with Crippen LogP contribution in [-0.4, -0.2) is 9.97 Å². The standard InChI is InChI=1S/C13H17N3/c1-10-15-12(13(9-14)16-10)8-7-11-5-3-2-4-6-11/h2-6H,7-9,14H2,1H3,(H,15,16). The molecule has 0 atom stereocenters. The first-order valence-corrected chi connectivity index (χ1v) is 5.58. The number of nitrogens with zero attached hydrogens (tertiary/aromatic N) is 1. The maximum atomic E-state index is 5.66. The average molecular weight is 215 g/mol. The number of benzene rings is 1. The van der Waals surface area contributed by atoms with Crippen molar-refractivity contribution in [3.8, 4) is 0 Å². The summed E-state index contributed by atoms with van der Waals surface area (Å²) in [7, 11) is 0. The molecule has 1 heterocycles. The molecule has 0 aliphatic rings. The van der Waals surface area contributed by atoms with Crippen LogP contribution in [0.4, 0.5) is 0 Å². The maximum Gasteiger partial charge on any atom is 0.103 e. The quantitative estimate of drug-likeness (QED) is 0.819. The molecule has 0 aliphatic carbocycles. The van der Waals surface area contributed by atoms with E-state index in [2.05, 4.69) is 34.2 Å². The molecule has 0 aliphatic heterocycles. The number of aryl methyl sites for hydroxylation is 3. The van der Waals surface area contributed by atoms with E-state index in [9.17, 15) is 0 Å². The highest BCUT2D eigenvalue weighted by Crippen LogP contribution is 2.10. The van der Waals surface area contributed by atoms with Gasteiger partial charge in [0.2, 0.25) is 0 Å². The Morgan fingerprint density at radius 3 is 2.62 bits per heavy atom. The largest absolute Gasteiger partial charge is 0.345 e. The van der Waals surface area contributed by atoms with Gasteiger partial charge in [0, 0.05) is 6.54 Å². The summed E-state index contributed by atoms with van der Waals surface area (Å²) in [6.45, 7) is 2.50. The Hall–Kier alpha value is -1.61. The molecule has 0 bridgehead atoms. The molecule has 3 N–H and O–H groups in total. The van der Waals surface area contributed by atoms with Gasteiger partial charge in [-0.1, -0.05) is 30.3 Å². The first kappa shape index (κ1) is 10.9. The predicted molar refractivity (Wildman–Crippen MR) is 65.1 cm³/mol. The molecular formula is C13H17N3. The normalized spacial score (nSPS) is 10.6. The molecule has 0 saturated heterocycles. The van der Waals surface area contributed by atoms with Crippen molar-refractivity contribution >= 4 is 0 Å². The second kappa shape index (κ2) is 4.94. The smallest absolute Gasteiger partial charge is 0.103 e. The van der Waals surface area contributed by atoms with Crippen molar-refractivity contribution in [3.63, 3.8) is 0 Å². The molecule has 2 aromatic rings. The molecule has 84 valence electrons. The van der Waals surface area contributed by atoms with Crippen LogP contribution in [0, 0.1) is 6.92 Å². The van der Waals surface area contributed by atoms with Crippen LogP contribution in [0.15, 0.2) is 30.3 Å². The average Bonchev–Trinajstić information content (AvgIpc) is 2.68. The van der Waals surface area contributed by atoms with E-state index in [0.29, 0.717) is 6.54 Å². The highest BCUT2D eigenvalue weighted by atomic mass is 14.9. The molecule has 2 rings (SSSR count). The van der Waals surface area contributed by atoms with Crippen molar-refractivity contribution in [2.45, 2.75) is 26.3 Å². The SMILES string of the molecule is Cc1nc(CCc2ccccc2)c(CN)[nH]1. The summed E-state index contributed by atoms with van der Waals surface area (Å²) in [5, 5.41) is 0. The molecule has 0 radical (unpaired) electrons. The fourth-order valence-electron chi connectivity index (χ4n) is 1.87. The van der Waals surface area contributed by atoms with Gasteiger partial charge in [-0.25, -0.2) is 4.98 Å². The topological polar surface area (TPSA) is 54.7 Å². The van der Waals surface area contributed by atoms with Crippen LogP contribution in [0.1, 0.15) is 22.8 Å². The van der Waals surface area contributed by atoms with E-state index in [1.165, 1.54) is 5.56 Å². The van der Waals surface area contributed by atoms with Crippen molar-refractivity contribution in [2.24, 2.45) is 5.73 Å². The molecule has 16 heavy (non-hydrogen) atoms. The van der Waals surface area contributed by atoms with Gasteiger partial charge >= 0.3 is 0 Å². The monoisotopic (exact) mass is 215 g/mol. The van der Waals surface area contributed by atoms with E-state index < -0.39 is 0 Å². The molecule has 0 spiro atoms. The molecule has 3 heteroatoms. The van der Waals surface area contributed by atoms with Crippen molar-refractivity contribution < 1.29 is 0 Å². The summed E-state index contributed by atoms with van der Waals surface area (Å²) in [5.41, 5.74) is 9.16. The minimum atomic E-state index is 0.533. The summed E-state index contributed by atoms with van der Waals surface area (Å²) in [6, 6.07) is 10.4. The molecule has 0 unspecified atom stereocenters.